The van der Waals surface area contributed by atoms with Crippen molar-refractivity contribution < 1.29 is 8.42 Å². The Morgan fingerprint density at radius 3 is 2.12 bits per heavy atom. The number of hydrogen-bond acceptors (Lipinski definition) is 3. The molecule has 0 N–H and O–H groups in total. The van der Waals surface area contributed by atoms with Gasteiger partial charge in [0.05, 0.1) is 17.9 Å². The van der Waals surface area contributed by atoms with Gasteiger partial charge >= 0.3 is 0 Å². The van der Waals surface area contributed by atoms with Crippen LogP contribution in [0.25, 0.3) is 0 Å². The summed E-state index contributed by atoms with van der Waals surface area (Å²) in [4.78, 5) is 0.0384. The first-order valence-corrected chi connectivity index (χ1v) is 9.54. The monoisotopic (exact) mass is 375 g/mol. The number of aryl methyl sites for hydroxylation is 2. The van der Waals surface area contributed by atoms with E-state index in [1.807, 2.05) is 36.4 Å². The first-order chi connectivity index (χ1) is 11.9. The SMILES string of the molecule is Cc1nn(C)c(Cl)c1S(=O)(=O)N(Cc1ccccc1)c1ccccc1. The molecule has 130 valence electrons. The Labute approximate surface area is 152 Å². The van der Waals surface area contributed by atoms with E-state index in [0.717, 1.165) is 5.56 Å². The van der Waals surface area contributed by atoms with Crippen LogP contribution in [0.1, 0.15) is 11.3 Å². The van der Waals surface area contributed by atoms with Crippen molar-refractivity contribution in [1.82, 2.24) is 9.78 Å². The molecule has 7 heteroatoms. The molecule has 0 amide bonds. The van der Waals surface area contributed by atoms with E-state index in [4.69, 9.17) is 11.6 Å². The topological polar surface area (TPSA) is 55.2 Å². The molecule has 1 heterocycles. The van der Waals surface area contributed by atoms with Gasteiger partial charge in [-0.25, -0.2) is 8.42 Å². The van der Waals surface area contributed by atoms with E-state index in [1.165, 1.54) is 8.99 Å². The normalized spacial score (nSPS) is 11.5. The average molecular weight is 376 g/mol. The molecule has 0 radical (unpaired) electrons. The molecule has 25 heavy (non-hydrogen) atoms. The van der Waals surface area contributed by atoms with Gasteiger partial charge in [-0.2, -0.15) is 5.10 Å². The summed E-state index contributed by atoms with van der Waals surface area (Å²) in [6.07, 6.45) is 0. The summed E-state index contributed by atoms with van der Waals surface area (Å²) in [6, 6.07) is 18.4. The molecule has 0 saturated carbocycles. The minimum atomic E-state index is -3.87. The summed E-state index contributed by atoms with van der Waals surface area (Å²) >= 11 is 6.23. The van der Waals surface area contributed by atoms with Crippen molar-refractivity contribution >= 4 is 27.3 Å². The molecule has 0 aliphatic carbocycles. The summed E-state index contributed by atoms with van der Waals surface area (Å²) in [5, 5.41) is 4.24. The predicted octanol–water partition coefficient (Wildman–Crippen LogP) is 3.78. The van der Waals surface area contributed by atoms with Crippen molar-refractivity contribution in [3.05, 3.63) is 77.1 Å². The Balaban J connectivity index is 2.13. The number of anilines is 1. The Morgan fingerprint density at radius 1 is 1.04 bits per heavy atom. The fraction of sp³-hybridized carbons (Fsp3) is 0.167. The highest BCUT2D eigenvalue weighted by molar-refractivity contribution is 7.93. The average Bonchev–Trinajstić information content (AvgIpc) is 2.87. The molecule has 0 fully saturated rings. The van der Waals surface area contributed by atoms with Gasteiger partial charge in [0.1, 0.15) is 10.0 Å². The molecule has 2 aromatic carbocycles. The molecule has 0 aliphatic rings. The standard InChI is InChI=1S/C18H18ClN3O2S/c1-14-17(18(19)21(2)20-14)25(23,24)22(16-11-7-4-8-12-16)13-15-9-5-3-6-10-15/h3-12H,13H2,1-2H3. The van der Waals surface area contributed by atoms with Gasteiger partial charge in [0, 0.05) is 7.05 Å². The van der Waals surface area contributed by atoms with Crippen LogP contribution in [-0.2, 0) is 23.6 Å². The quantitative estimate of drug-likeness (QED) is 0.682. The molecule has 0 spiro atoms. The predicted molar refractivity (Wildman–Crippen MR) is 99.2 cm³/mol. The number of sulfonamides is 1. The third-order valence-corrected chi connectivity index (χ3v) is 6.33. The van der Waals surface area contributed by atoms with E-state index in [0.29, 0.717) is 11.4 Å². The van der Waals surface area contributed by atoms with Crippen LogP contribution in [0, 0.1) is 6.92 Å². The van der Waals surface area contributed by atoms with E-state index in [2.05, 4.69) is 5.10 Å². The number of rotatable bonds is 5. The molecule has 0 saturated heterocycles. The van der Waals surface area contributed by atoms with Gasteiger partial charge in [-0.15, -0.1) is 0 Å². The molecular formula is C18H18ClN3O2S. The minimum Gasteiger partial charge on any atom is -0.262 e. The highest BCUT2D eigenvalue weighted by Crippen LogP contribution is 2.31. The van der Waals surface area contributed by atoms with Crippen molar-refractivity contribution in [3.63, 3.8) is 0 Å². The zero-order chi connectivity index (χ0) is 18.0. The van der Waals surface area contributed by atoms with Crippen LogP contribution >= 0.6 is 11.6 Å². The lowest BCUT2D eigenvalue weighted by Crippen LogP contribution is -2.31. The van der Waals surface area contributed by atoms with Crippen molar-refractivity contribution in [2.24, 2.45) is 7.05 Å². The fourth-order valence-electron chi connectivity index (χ4n) is 2.67. The molecule has 1 aromatic heterocycles. The van der Waals surface area contributed by atoms with Crippen LogP contribution < -0.4 is 4.31 Å². The van der Waals surface area contributed by atoms with Crippen molar-refractivity contribution in [2.75, 3.05) is 4.31 Å². The van der Waals surface area contributed by atoms with Crippen LogP contribution in [0.15, 0.2) is 65.6 Å². The maximum atomic E-state index is 13.4. The van der Waals surface area contributed by atoms with Crippen LogP contribution in [-0.4, -0.2) is 18.2 Å². The van der Waals surface area contributed by atoms with E-state index in [1.54, 1.807) is 38.2 Å². The lowest BCUT2D eigenvalue weighted by molar-refractivity contribution is 0.590. The van der Waals surface area contributed by atoms with Gasteiger partial charge in [0.25, 0.3) is 10.0 Å². The molecule has 0 atom stereocenters. The number of para-hydroxylation sites is 1. The Morgan fingerprint density at radius 2 is 1.60 bits per heavy atom. The molecule has 0 unspecified atom stereocenters. The second kappa shape index (κ2) is 6.90. The number of halogens is 1. The van der Waals surface area contributed by atoms with Crippen LogP contribution in [0.3, 0.4) is 0 Å². The summed E-state index contributed by atoms with van der Waals surface area (Å²) in [5.41, 5.74) is 1.83. The Hall–Kier alpha value is -2.31. The van der Waals surface area contributed by atoms with E-state index in [9.17, 15) is 8.42 Å². The van der Waals surface area contributed by atoms with E-state index >= 15 is 0 Å². The Kier molecular flexibility index (Phi) is 4.83. The largest absolute Gasteiger partial charge is 0.269 e. The molecular weight excluding hydrogens is 358 g/mol. The zero-order valence-corrected chi connectivity index (χ0v) is 15.5. The van der Waals surface area contributed by atoms with Gasteiger partial charge in [0.15, 0.2) is 0 Å². The third-order valence-electron chi connectivity index (χ3n) is 3.86. The molecule has 5 nitrogen and oxygen atoms in total. The van der Waals surface area contributed by atoms with Gasteiger partial charge in [-0.05, 0) is 24.6 Å². The number of benzene rings is 2. The summed E-state index contributed by atoms with van der Waals surface area (Å²) in [7, 11) is -2.25. The maximum absolute atomic E-state index is 13.4. The van der Waals surface area contributed by atoms with Crippen molar-refractivity contribution in [2.45, 2.75) is 18.4 Å². The highest BCUT2D eigenvalue weighted by Gasteiger charge is 2.32. The molecule has 3 aromatic rings. The third kappa shape index (κ3) is 3.41. The first kappa shape index (κ1) is 17.5. The lowest BCUT2D eigenvalue weighted by atomic mass is 10.2. The smallest absolute Gasteiger partial charge is 0.262 e. The van der Waals surface area contributed by atoms with E-state index in [-0.39, 0.29) is 16.6 Å². The van der Waals surface area contributed by atoms with Gasteiger partial charge in [-0.1, -0.05) is 60.1 Å². The molecule has 0 bridgehead atoms. The Bertz CT molecular complexity index is 970. The second-order valence-electron chi connectivity index (χ2n) is 5.66. The van der Waals surface area contributed by atoms with Gasteiger partial charge in [-0.3, -0.25) is 8.99 Å². The second-order valence-corrected chi connectivity index (χ2v) is 7.82. The summed E-state index contributed by atoms with van der Waals surface area (Å²) in [5.74, 6) is 0. The van der Waals surface area contributed by atoms with Crippen LogP contribution in [0.5, 0.6) is 0 Å². The number of nitrogens with zero attached hydrogens (tertiary/aromatic N) is 3. The first-order valence-electron chi connectivity index (χ1n) is 7.72. The lowest BCUT2D eigenvalue weighted by Gasteiger charge is -2.24. The molecule has 0 aliphatic heterocycles. The number of aromatic nitrogens is 2. The van der Waals surface area contributed by atoms with Gasteiger partial charge in [0.2, 0.25) is 0 Å². The maximum Gasteiger partial charge on any atom is 0.269 e. The number of hydrogen-bond donors (Lipinski definition) is 0. The summed E-state index contributed by atoms with van der Waals surface area (Å²) < 4.78 is 29.5. The van der Waals surface area contributed by atoms with Crippen molar-refractivity contribution in [1.29, 1.82) is 0 Å². The van der Waals surface area contributed by atoms with Crippen molar-refractivity contribution in [3.8, 4) is 0 Å². The minimum absolute atomic E-state index is 0.0384. The van der Waals surface area contributed by atoms with Gasteiger partial charge < -0.3 is 0 Å². The van der Waals surface area contributed by atoms with Crippen LogP contribution in [0.4, 0.5) is 5.69 Å². The zero-order valence-electron chi connectivity index (χ0n) is 13.9. The highest BCUT2D eigenvalue weighted by atomic mass is 35.5. The fourth-order valence-corrected chi connectivity index (χ4v) is 4.84. The van der Waals surface area contributed by atoms with Crippen LogP contribution in [0.2, 0.25) is 5.15 Å². The summed E-state index contributed by atoms with van der Waals surface area (Å²) in [6.45, 7) is 1.85. The molecule has 3 rings (SSSR count). The van der Waals surface area contributed by atoms with E-state index < -0.39 is 10.0 Å².